The molecule has 2 aromatic carbocycles. The largest absolute Gasteiger partial charge is 0.342 e. The number of aromatic amines is 1. The van der Waals surface area contributed by atoms with Crippen LogP contribution in [0.5, 0.6) is 0 Å². The van der Waals surface area contributed by atoms with Crippen molar-refractivity contribution in [3.8, 4) is 0 Å². The number of hydrogen-bond acceptors (Lipinski definition) is 3. The molecule has 1 aliphatic rings. The second-order valence-electron chi connectivity index (χ2n) is 7.87. The molecule has 152 valence electrons. The lowest BCUT2D eigenvalue weighted by molar-refractivity contribution is -0.131. The molecule has 5 heteroatoms. The molecule has 5 nitrogen and oxygen atoms in total. The summed E-state index contributed by atoms with van der Waals surface area (Å²) in [4.78, 5) is 25.2. The molecular formula is C24H30N4O. The quantitative estimate of drug-likeness (QED) is 0.670. The number of aromatic nitrogens is 2. The van der Waals surface area contributed by atoms with Crippen molar-refractivity contribution in [1.82, 2.24) is 19.8 Å². The maximum atomic E-state index is 12.7. The van der Waals surface area contributed by atoms with Crippen molar-refractivity contribution in [3.05, 3.63) is 66.0 Å². The number of benzene rings is 2. The van der Waals surface area contributed by atoms with E-state index in [1.807, 2.05) is 29.2 Å². The van der Waals surface area contributed by atoms with Crippen LogP contribution in [-0.2, 0) is 17.6 Å². The van der Waals surface area contributed by atoms with Crippen LogP contribution < -0.4 is 0 Å². The van der Waals surface area contributed by atoms with Gasteiger partial charge in [0.05, 0.1) is 11.0 Å². The summed E-state index contributed by atoms with van der Waals surface area (Å²) in [7, 11) is 0. The lowest BCUT2D eigenvalue weighted by atomic mass is 10.1. The van der Waals surface area contributed by atoms with E-state index in [1.165, 1.54) is 12.0 Å². The molecule has 1 aromatic heterocycles. The molecule has 0 saturated carbocycles. The first kappa shape index (κ1) is 19.6. The summed E-state index contributed by atoms with van der Waals surface area (Å²) in [6, 6.07) is 18.7. The van der Waals surface area contributed by atoms with Gasteiger partial charge in [0.15, 0.2) is 0 Å². The summed E-state index contributed by atoms with van der Waals surface area (Å²) in [6.45, 7) is 4.88. The van der Waals surface area contributed by atoms with E-state index in [1.54, 1.807) is 0 Å². The fraction of sp³-hybridized carbons (Fsp3) is 0.417. The lowest BCUT2D eigenvalue weighted by Crippen LogP contribution is -2.35. The average molecular weight is 391 g/mol. The van der Waals surface area contributed by atoms with Crippen molar-refractivity contribution in [1.29, 1.82) is 0 Å². The molecule has 0 aliphatic carbocycles. The number of H-pyrrole nitrogens is 1. The predicted octanol–water partition coefficient (Wildman–Crippen LogP) is 3.66. The Kier molecular flexibility index (Phi) is 6.57. The van der Waals surface area contributed by atoms with Gasteiger partial charge in [0.25, 0.3) is 0 Å². The third-order valence-electron chi connectivity index (χ3n) is 5.74. The van der Waals surface area contributed by atoms with Gasteiger partial charge in [-0.15, -0.1) is 0 Å². The number of aryl methyl sites for hydroxylation is 2. The summed E-state index contributed by atoms with van der Waals surface area (Å²) in [5.74, 6) is 1.15. The minimum atomic E-state index is 0.247. The Morgan fingerprint density at radius 3 is 2.62 bits per heavy atom. The third-order valence-corrected chi connectivity index (χ3v) is 5.74. The Balaban J connectivity index is 1.21. The van der Waals surface area contributed by atoms with E-state index >= 15 is 0 Å². The normalized spacial score (nSPS) is 15.5. The average Bonchev–Trinajstić information content (AvgIpc) is 3.03. The number of fused-ring (bicyclic) bond motifs is 1. The maximum Gasteiger partial charge on any atom is 0.223 e. The van der Waals surface area contributed by atoms with Crippen molar-refractivity contribution in [2.24, 2.45) is 0 Å². The molecule has 0 spiro atoms. The number of amides is 1. The van der Waals surface area contributed by atoms with Gasteiger partial charge in [0, 0.05) is 32.5 Å². The standard InChI is InChI=1S/C24H30N4O/c29-24(14-13-23-25-21-11-4-5-12-22(21)26-23)28-17-7-16-27(18-19-28)15-6-10-20-8-2-1-3-9-20/h1-5,8-9,11-12H,6-7,10,13-19H2,(H,25,26). The molecule has 2 heterocycles. The van der Waals surface area contributed by atoms with Gasteiger partial charge in [-0.05, 0) is 50.0 Å². The Hall–Kier alpha value is -2.66. The van der Waals surface area contributed by atoms with Gasteiger partial charge < -0.3 is 14.8 Å². The van der Waals surface area contributed by atoms with Crippen LogP contribution in [-0.4, -0.2) is 58.4 Å². The number of carbonyl (C=O) groups excluding carboxylic acids is 1. The fourth-order valence-corrected chi connectivity index (χ4v) is 4.10. The highest BCUT2D eigenvalue weighted by molar-refractivity contribution is 5.77. The Bertz CT molecular complexity index is 888. The lowest BCUT2D eigenvalue weighted by Gasteiger charge is -2.22. The highest BCUT2D eigenvalue weighted by Gasteiger charge is 2.19. The maximum absolute atomic E-state index is 12.7. The van der Waals surface area contributed by atoms with Gasteiger partial charge in [-0.1, -0.05) is 42.5 Å². The van der Waals surface area contributed by atoms with E-state index in [0.717, 1.165) is 62.4 Å². The van der Waals surface area contributed by atoms with Crippen LogP contribution in [0.4, 0.5) is 0 Å². The van der Waals surface area contributed by atoms with Crippen LogP contribution in [0, 0.1) is 0 Å². The van der Waals surface area contributed by atoms with Gasteiger partial charge in [0.1, 0.15) is 5.82 Å². The first-order chi connectivity index (χ1) is 14.3. The second kappa shape index (κ2) is 9.70. The molecule has 0 radical (unpaired) electrons. The molecule has 3 aromatic rings. The number of imidazole rings is 1. The minimum Gasteiger partial charge on any atom is -0.342 e. The molecule has 1 fully saturated rings. The van der Waals surface area contributed by atoms with E-state index < -0.39 is 0 Å². The van der Waals surface area contributed by atoms with Crippen molar-refractivity contribution >= 4 is 16.9 Å². The van der Waals surface area contributed by atoms with Gasteiger partial charge in [-0.25, -0.2) is 4.98 Å². The molecule has 1 N–H and O–H groups in total. The van der Waals surface area contributed by atoms with Crippen LogP contribution >= 0.6 is 0 Å². The zero-order valence-electron chi connectivity index (χ0n) is 17.0. The highest BCUT2D eigenvalue weighted by Crippen LogP contribution is 2.13. The molecule has 1 saturated heterocycles. The molecular weight excluding hydrogens is 360 g/mol. The van der Waals surface area contributed by atoms with Crippen LogP contribution in [0.25, 0.3) is 11.0 Å². The van der Waals surface area contributed by atoms with E-state index in [9.17, 15) is 4.79 Å². The molecule has 29 heavy (non-hydrogen) atoms. The van der Waals surface area contributed by atoms with Crippen molar-refractivity contribution in [3.63, 3.8) is 0 Å². The van der Waals surface area contributed by atoms with Gasteiger partial charge in [0.2, 0.25) is 5.91 Å². The molecule has 0 unspecified atom stereocenters. The van der Waals surface area contributed by atoms with E-state index in [0.29, 0.717) is 12.8 Å². The predicted molar refractivity (Wildman–Crippen MR) is 117 cm³/mol. The van der Waals surface area contributed by atoms with Crippen LogP contribution in [0.15, 0.2) is 54.6 Å². The minimum absolute atomic E-state index is 0.247. The SMILES string of the molecule is O=C(CCc1nc2ccccc2[nH]1)N1CCCN(CCCc2ccccc2)CC1. The fourth-order valence-electron chi connectivity index (χ4n) is 4.10. The topological polar surface area (TPSA) is 52.2 Å². The van der Waals surface area contributed by atoms with Crippen molar-refractivity contribution in [2.45, 2.75) is 32.1 Å². The van der Waals surface area contributed by atoms with E-state index in [4.69, 9.17) is 0 Å². The van der Waals surface area contributed by atoms with Gasteiger partial charge in [-0.2, -0.15) is 0 Å². The number of carbonyl (C=O) groups is 1. The van der Waals surface area contributed by atoms with Crippen molar-refractivity contribution in [2.75, 3.05) is 32.7 Å². The summed E-state index contributed by atoms with van der Waals surface area (Å²) in [5.41, 5.74) is 3.41. The Labute approximate surface area is 172 Å². The summed E-state index contributed by atoms with van der Waals surface area (Å²) in [5, 5.41) is 0. The number of rotatable bonds is 7. The van der Waals surface area contributed by atoms with E-state index in [-0.39, 0.29) is 5.91 Å². The number of nitrogens with zero attached hydrogens (tertiary/aromatic N) is 3. The zero-order valence-corrected chi connectivity index (χ0v) is 17.0. The molecule has 1 aliphatic heterocycles. The summed E-state index contributed by atoms with van der Waals surface area (Å²) >= 11 is 0. The van der Waals surface area contributed by atoms with Crippen molar-refractivity contribution < 1.29 is 4.79 Å². The monoisotopic (exact) mass is 390 g/mol. The first-order valence-electron chi connectivity index (χ1n) is 10.8. The van der Waals surface area contributed by atoms with Crippen LogP contribution in [0.2, 0.25) is 0 Å². The Morgan fingerprint density at radius 2 is 1.76 bits per heavy atom. The second-order valence-corrected chi connectivity index (χ2v) is 7.87. The first-order valence-corrected chi connectivity index (χ1v) is 10.8. The molecule has 0 bridgehead atoms. The summed E-state index contributed by atoms with van der Waals surface area (Å²) in [6.07, 6.45) is 4.54. The van der Waals surface area contributed by atoms with Crippen LogP contribution in [0.1, 0.15) is 30.7 Å². The van der Waals surface area contributed by atoms with Crippen LogP contribution in [0.3, 0.4) is 0 Å². The third kappa shape index (κ3) is 5.45. The van der Waals surface area contributed by atoms with Gasteiger partial charge in [-0.3, -0.25) is 4.79 Å². The highest BCUT2D eigenvalue weighted by atomic mass is 16.2. The smallest absolute Gasteiger partial charge is 0.223 e. The molecule has 0 atom stereocenters. The number of para-hydroxylation sites is 2. The summed E-state index contributed by atoms with van der Waals surface area (Å²) < 4.78 is 0. The number of nitrogens with one attached hydrogen (secondary N) is 1. The van der Waals surface area contributed by atoms with E-state index in [2.05, 4.69) is 45.2 Å². The molecule has 1 amide bonds. The zero-order chi connectivity index (χ0) is 19.9. The Morgan fingerprint density at radius 1 is 0.931 bits per heavy atom. The van der Waals surface area contributed by atoms with Gasteiger partial charge >= 0.3 is 0 Å². The molecule has 4 rings (SSSR count). The number of hydrogen-bond donors (Lipinski definition) is 1.